The van der Waals surface area contributed by atoms with Crippen molar-refractivity contribution in [1.82, 2.24) is 10.2 Å². The van der Waals surface area contributed by atoms with Crippen LogP contribution in [0.5, 0.6) is 11.5 Å². The molecule has 3 rings (SSSR count). The van der Waals surface area contributed by atoms with Crippen molar-refractivity contribution in [3.63, 3.8) is 0 Å². The van der Waals surface area contributed by atoms with Crippen LogP contribution in [0.3, 0.4) is 0 Å². The van der Waals surface area contributed by atoms with Crippen molar-refractivity contribution < 1.29 is 34.1 Å². The fourth-order valence-corrected chi connectivity index (χ4v) is 5.85. The molecule has 0 bridgehead atoms. The number of nitrogens with zero attached hydrogens (tertiary/aromatic N) is 1. The van der Waals surface area contributed by atoms with Gasteiger partial charge in [0.25, 0.3) is 0 Å². The summed E-state index contributed by atoms with van der Waals surface area (Å²) in [6, 6.07) is 2.42. The van der Waals surface area contributed by atoms with Gasteiger partial charge in [0, 0.05) is 36.2 Å². The number of carbonyl (C=O) groups is 3. The third-order valence-electron chi connectivity index (χ3n) is 6.85. The molecule has 0 radical (unpaired) electrons. The summed E-state index contributed by atoms with van der Waals surface area (Å²) < 4.78 is 12.3. The van der Waals surface area contributed by atoms with Crippen LogP contribution in [0, 0.1) is 3.57 Å². The fourth-order valence-electron chi connectivity index (χ4n) is 5.10. The van der Waals surface area contributed by atoms with Crippen LogP contribution < -0.4 is 14.8 Å². The number of allylic oxidation sites excluding steroid dienone is 1. The van der Waals surface area contributed by atoms with Crippen molar-refractivity contribution in [3.05, 3.63) is 44.6 Å². The first-order valence-electron chi connectivity index (χ1n) is 12.9. The monoisotopic (exact) mass is 640 g/mol. The van der Waals surface area contributed by atoms with Gasteiger partial charge >= 0.3 is 0 Å². The van der Waals surface area contributed by atoms with Gasteiger partial charge in [-0.15, -0.1) is 0 Å². The van der Waals surface area contributed by atoms with Gasteiger partial charge < -0.3 is 29.9 Å². The number of aliphatic hydroxyl groups is 2. The van der Waals surface area contributed by atoms with E-state index in [1.165, 1.54) is 7.11 Å². The predicted molar refractivity (Wildman–Crippen MR) is 151 cm³/mol. The van der Waals surface area contributed by atoms with E-state index in [9.17, 15) is 24.6 Å². The molecule has 1 aromatic carbocycles. The molecular formula is C28H37IN2O7. The van der Waals surface area contributed by atoms with Gasteiger partial charge in [-0.25, -0.2) is 0 Å². The molecule has 0 aromatic heterocycles. The Morgan fingerprint density at radius 1 is 1.21 bits per heavy atom. The fraction of sp³-hybridized carbons (Fsp3) is 0.536. The molecule has 1 fully saturated rings. The summed E-state index contributed by atoms with van der Waals surface area (Å²) in [6.45, 7) is 3.57. The number of nitrogens with one attached hydrogen (secondary N) is 1. The second-order valence-electron chi connectivity index (χ2n) is 9.93. The molecule has 0 aliphatic heterocycles. The number of rotatable bonds is 10. The number of benzene rings is 1. The molecule has 2 aliphatic rings. The van der Waals surface area contributed by atoms with Gasteiger partial charge in [0.1, 0.15) is 18.5 Å². The van der Waals surface area contributed by atoms with E-state index in [1.807, 2.05) is 36.4 Å². The van der Waals surface area contributed by atoms with Crippen molar-refractivity contribution >= 4 is 40.7 Å². The summed E-state index contributed by atoms with van der Waals surface area (Å²) >= 11 is 2.03. The van der Waals surface area contributed by atoms with E-state index in [0.717, 1.165) is 37.7 Å². The van der Waals surface area contributed by atoms with E-state index < -0.39 is 18.2 Å². The van der Waals surface area contributed by atoms with Crippen LogP contribution in [0.4, 0.5) is 0 Å². The zero-order valence-electron chi connectivity index (χ0n) is 22.1. The number of hydrogen-bond acceptors (Lipinski definition) is 7. The molecule has 2 aliphatic carbocycles. The van der Waals surface area contributed by atoms with Crippen LogP contribution in [-0.4, -0.2) is 77.8 Å². The number of amides is 2. The summed E-state index contributed by atoms with van der Waals surface area (Å²) in [4.78, 5) is 39.6. The minimum Gasteiger partial charge on any atom is -0.493 e. The Morgan fingerprint density at radius 2 is 1.92 bits per heavy atom. The Balaban J connectivity index is 2.05. The molecular weight excluding hydrogens is 603 g/mol. The van der Waals surface area contributed by atoms with Gasteiger partial charge in [0.2, 0.25) is 11.8 Å². The first-order chi connectivity index (χ1) is 18.2. The van der Waals surface area contributed by atoms with E-state index in [2.05, 4.69) is 5.32 Å². The first kappa shape index (κ1) is 30.1. The molecule has 0 saturated heterocycles. The molecule has 0 spiro atoms. The van der Waals surface area contributed by atoms with Crippen molar-refractivity contribution in [2.24, 2.45) is 0 Å². The Kier molecular flexibility index (Phi) is 11.2. The zero-order valence-corrected chi connectivity index (χ0v) is 24.3. The van der Waals surface area contributed by atoms with Crippen LogP contribution in [0.1, 0.15) is 62.7 Å². The normalized spacial score (nSPS) is 21.6. The highest BCUT2D eigenvalue weighted by Gasteiger charge is 2.43. The summed E-state index contributed by atoms with van der Waals surface area (Å²) in [5.74, 6) is 0.0624. The van der Waals surface area contributed by atoms with Crippen molar-refractivity contribution in [2.45, 2.75) is 76.7 Å². The maximum absolute atomic E-state index is 13.5. The quantitative estimate of drug-likeness (QED) is 0.204. The zero-order chi connectivity index (χ0) is 27.8. The summed E-state index contributed by atoms with van der Waals surface area (Å²) in [5, 5.41) is 23.5. The third-order valence-corrected chi connectivity index (χ3v) is 7.65. The number of ether oxygens (including phenoxy) is 2. The van der Waals surface area contributed by atoms with E-state index in [4.69, 9.17) is 9.47 Å². The summed E-state index contributed by atoms with van der Waals surface area (Å²) in [5.41, 5.74) is 1.62. The average Bonchev–Trinajstić information content (AvgIpc) is 2.90. The van der Waals surface area contributed by atoms with Gasteiger partial charge in [0.05, 0.1) is 23.3 Å². The minimum atomic E-state index is -1.13. The Morgan fingerprint density at radius 3 is 2.53 bits per heavy atom. The summed E-state index contributed by atoms with van der Waals surface area (Å²) in [6.07, 6.45) is 6.63. The lowest BCUT2D eigenvalue weighted by molar-refractivity contribution is -0.138. The number of halogens is 1. The molecule has 1 saturated carbocycles. The molecule has 3 atom stereocenters. The second kappa shape index (κ2) is 14.1. The maximum Gasteiger partial charge on any atom is 0.247 e. The number of aldehydes is 1. The standard InChI is InChI=1S/C28H37IN2O7/c1-17(2)11-25(34)31(20-7-5-4-6-8-20)22-14-19(28(36)30-9-10-32)15-23(26(22)35)38-27-21(29)12-18(16-33)13-24(27)37-3/h11-13,15-16,20,22-23,26,32,35H,4-10,14H2,1-3H3,(H,30,36). The van der Waals surface area contributed by atoms with E-state index in [1.54, 1.807) is 29.2 Å². The number of aliphatic hydroxyl groups excluding tert-OH is 2. The van der Waals surface area contributed by atoms with Gasteiger partial charge in [-0.05, 0) is 67.5 Å². The van der Waals surface area contributed by atoms with E-state index in [0.29, 0.717) is 32.5 Å². The van der Waals surface area contributed by atoms with Crippen LogP contribution in [0.15, 0.2) is 35.4 Å². The second-order valence-corrected chi connectivity index (χ2v) is 11.1. The van der Waals surface area contributed by atoms with Gasteiger partial charge in [-0.1, -0.05) is 24.8 Å². The average molecular weight is 641 g/mol. The molecule has 3 unspecified atom stereocenters. The molecule has 3 N–H and O–H groups in total. The SMILES string of the molecule is COc1cc(C=O)cc(I)c1OC1C=C(C(=O)NCCO)CC(N(C(=O)C=C(C)C)C2CCCCC2)C1O. The highest BCUT2D eigenvalue weighted by atomic mass is 127. The van der Waals surface area contributed by atoms with Crippen LogP contribution in [0.25, 0.3) is 0 Å². The molecule has 38 heavy (non-hydrogen) atoms. The number of methoxy groups -OCH3 is 1. The number of carbonyl (C=O) groups excluding carboxylic acids is 3. The van der Waals surface area contributed by atoms with Gasteiger partial charge in [-0.3, -0.25) is 14.4 Å². The first-order valence-corrected chi connectivity index (χ1v) is 14.0. The molecule has 2 amide bonds. The summed E-state index contributed by atoms with van der Waals surface area (Å²) in [7, 11) is 1.46. The minimum absolute atomic E-state index is 0.0615. The Labute approximate surface area is 237 Å². The van der Waals surface area contributed by atoms with Crippen LogP contribution in [0.2, 0.25) is 0 Å². The van der Waals surface area contributed by atoms with E-state index in [-0.39, 0.29) is 37.4 Å². The van der Waals surface area contributed by atoms with Crippen LogP contribution >= 0.6 is 22.6 Å². The topological polar surface area (TPSA) is 125 Å². The van der Waals surface area contributed by atoms with Crippen LogP contribution in [-0.2, 0) is 9.59 Å². The number of hydrogen-bond donors (Lipinski definition) is 3. The lowest BCUT2D eigenvalue weighted by Crippen LogP contribution is -2.58. The van der Waals surface area contributed by atoms with Gasteiger partial charge in [0.15, 0.2) is 11.5 Å². The lowest BCUT2D eigenvalue weighted by Gasteiger charge is -2.45. The lowest BCUT2D eigenvalue weighted by atomic mass is 9.85. The molecule has 0 heterocycles. The largest absolute Gasteiger partial charge is 0.493 e. The van der Waals surface area contributed by atoms with Crippen molar-refractivity contribution in [2.75, 3.05) is 20.3 Å². The molecule has 10 heteroatoms. The van der Waals surface area contributed by atoms with Crippen molar-refractivity contribution in [1.29, 1.82) is 0 Å². The Bertz CT molecular complexity index is 1080. The van der Waals surface area contributed by atoms with Crippen molar-refractivity contribution in [3.8, 4) is 11.5 Å². The molecule has 208 valence electrons. The predicted octanol–water partition coefficient (Wildman–Crippen LogP) is 3.16. The van der Waals surface area contributed by atoms with E-state index >= 15 is 0 Å². The van der Waals surface area contributed by atoms with Gasteiger partial charge in [-0.2, -0.15) is 0 Å². The molecule has 9 nitrogen and oxygen atoms in total. The highest BCUT2D eigenvalue weighted by Crippen LogP contribution is 2.38. The third kappa shape index (κ3) is 7.35. The molecule has 1 aromatic rings. The maximum atomic E-state index is 13.5. The Hall–Kier alpha value is -2.44. The smallest absolute Gasteiger partial charge is 0.247 e. The highest BCUT2D eigenvalue weighted by molar-refractivity contribution is 14.1.